The maximum atomic E-state index is 11.8. The third kappa shape index (κ3) is 3.73. The summed E-state index contributed by atoms with van der Waals surface area (Å²) in [5.41, 5.74) is 0.738. The number of alkyl halides is 1. The Bertz CT molecular complexity index is 408. The zero-order valence-electron chi connectivity index (χ0n) is 9.13. The van der Waals surface area contributed by atoms with Crippen molar-refractivity contribution in [2.75, 3.05) is 18.2 Å². The van der Waals surface area contributed by atoms with E-state index in [4.69, 9.17) is 11.6 Å². The molecule has 16 heavy (non-hydrogen) atoms. The van der Waals surface area contributed by atoms with E-state index in [9.17, 15) is 8.42 Å². The Labute approximate surface area is 101 Å². The monoisotopic (exact) mass is 262 g/mol. The van der Waals surface area contributed by atoms with Gasteiger partial charge in [0.25, 0.3) is 0 Å². The average molecular weight is 263 g/mol. The fourth-order valence-electron chi connectivity index (χ4n) is 1.31. The first kappa shape index (κ1) is 13.4. The summed E-state index contributed by atoms with van der Waals surface area (Å²) in [6.45, 7) is 2.53. The molecule has 0 N–H and O–H groups in total. The van der Waals surface area contributed by atoms with Crippen LogP contribution in [0.25, 0.3) is 0 Å². The Balaban J connectivity index is 2.77. The van der Waals surface area contributed by atoms with Crippen LogP contribution < -0.4 is 0 Å². The molecular formula is C10H15ClN2O2S. The highest BCUT2D eigenvalue weighted by Gasteiger charge is 2.20. The second-order valence-corrected chi connectivity index (χ2v) is 5.72. The molecule has 0 aliphatic rings. The van der Waals surface area contributed by atoms with Gasteiger partial charge in [0, 0.05) is 18.6 Å². The number of aromatic nitrogens is 1. The molecule has 0 bridgehead atoms. The molecule has 4 nitrogen and oxygen atoms in total. The van der Waals surface area contributed by atoms with Crippen molar-refractivity contribution < 1.29 is 8.42 Å². The molecule has 0 fully saturated rings. The summed E-state index contributed by atoms with van der Waals surface area (Å²) < 4.78 is 24.9. The largest absolute Gasteiger partial charge is 0.260 e. The van der Waals surface area contributed by atoms with Crippen LogP contribution in [0.4, 0.5) is 0 Å². The molecule has 0 atom stereocenters. The van der Waals surface area contributed by atoms with Crippen molar-refractivity contribution in [1.29, 1.82) is 0 Å². The standard InChI is InChI=1S/C10H15ClN2O2S/c1-2-13(16(14,15)8-6-11)9-10-5-3-4-7-12-10/h3-5,7H,2,6,8-9H2,1H3. The van der Waals surface area contributed by atoms with Crippen LogP contribution in [0.15, 0.2) is 24.4 Å². The van der Waals surface area contributed by atoms with E-state index < -0.39 is 10.0 Å². The number of hydrogen-bond acceptors (Lipinski definition) is 3. The van der Waals surface area contributed by atoms with Crippen molar-refractivity contribution in [2.24, 2.45) is 0 Å². The van der Waals surface area contributed by atoms with Gasteiger partial charge in [0.15, 0.2) is 0 Å². The van der Waals surface area contributed by atoms with Crippen LogP contribution in [0.2, 0.25) is 0 Å². The van der Waals surface area contributed by atoms with Gasteiger partial charge in [-0.3, -0.25) is 4.98 Å². The van der Waals surface area contributed by atoms with Crippen molar-refractivity contribution in [3.8, 4) is 0 Å². The summed E-state index contributed by atoms with van der Waals surface area (Å²) >= 11 is 5.47. The second kappa shape index (κ2) is 6.18. The predicted molar refractivity (Wildman–Crippen MR) is 64.8 cm³/mol. The van der Waals surface area contributed by atoms with Crippen LogP contribution in [0.3, 0.4) is 0 Å². The predicted octanol–water partition coefficient (Wildman–Crippen LogP) is 1.47. The highest BCUT2D eigenvalue weighted by atomic mass is 35.5. The van der Waals surface area contributed by atoms with Crippen LogP contribution in [-0.4, -0.2) is 35.9 Å². The van der Waals surface area contributed by atoms with Gasteiger partial charge in [-0.1, -0.05) is 13.0 Å². The van der Waals surface area contributed by atoms with Crippen LogP contribution in [-0.2, 0) is 16.6 Å². The Hall–Kier alpha value is -0.650. The minimum atomic E-state index is -3.26. The minimum Gasteiger partial charge on any atom is -0.260 e. The second-order valence-electron chi connectivity index (χ2n) is 3.25. The lowest BCUT2D eigenvalue weighted by Crippen LogP contribution is -2.33. The van der Waals surface area contributed by atoms with Crippen LogP contribution in [0, 0.1) is 0 Å². The Morgan fingerprint density at radius 2 is 2.19 bits per heavy atom. The topological polar surface area (TPSA) is 50.3 Å². The molecule has 1 aromatic heterocycles. The SMILES string of the molecule is CCN(Cc1ccccn1)S(=O)(=O)CCCl. The smallest absolute Gasteiger partial charge is 0.215 e. The molecule has 6 heteroatoms. The molecule has 0 saturated carbocycles. The van der Waals surface area contributed by atoms with E-state index in [0.717, 1.165) is 5.69 Å². The van der Waals surface area contributed by atoms with Crippen molar-refractivity contribution in [2.45, 2.75) is 13.5 Å². The third-order valence-corrected chi connectivity index (χ3v) is 4.45. The molecule has 0 amide bonds. The average Bonchev–Trinajstić information content (AvgIpc) is 2.27. The van der Waals surface area contributed by atoms with E-state index in [0.29, 0.717) is 13.1 Å². The molecular weight excluding hydrogens is 248 g/mol. The van der Waals surface area contributed by atoms with E-state index in [1.165, 1.54) is 4.31 Å². The maximum absolute atomic E-state index is 11.8. The lowest BCUT2D eigenvalue weighted by molar-refractivity contribution is 0.420. The summed E-state index contributed by atoms with van der Waals surface area (Å²) in [5.74, 6) is 0.0796. The Kier molecular flexibility index (Phi) is 5.18. The van der Waals surface area contributed by atoms with E-state index in [1.807, 2.05) is 6.07 Å². The fourth-order valence-corrected chi connectivity index (χ4v) is 3.07. The number of sulfonamides is 1. The van der Waals surface area contributed by atoms with E-state index in [-0.39, 0.29) is 11.6 Å². The third-order valence-electron chi connectivity index (χ3n) is 2.15. The number of rotatable bonds is 6. The van der Waals surface area contributed by atoms with Gasteiger partial charge in [0.2, 0.25) is 10.0 Å². The van der Waals surface area contributed by atoms with Crippen LogP contribution in [0.1, 0.15) is 12.6 Å². The number of pyridine rings is 1. The van der Waals surface area contributed by atoms with Crippen molar-refractivity contribution in [3.63, 3.8) is 0 Å². The Morgan fingerprint density at radius 3 is 2.69 bits per heavy atom. The summed E-state index contributed by atoms with van der Waals surface area (Å²) in [6.07, 6.45) is 1.65. The minimum absolute atomic E-state index is 0.0325. The molecule has 0 aliphatic carbocycles. The molecule has 0 unspecified atom stereocenters. The fraction of sp³-hybridized carbons (Fsp3) is 0.500. The van der Waals surface area contributed by atoms with Crippen molar-refractivity contribution >= 4 is 21.6 Å². The molecule has 0 aromatic carbocycles. The molecule has 1 aromatic rings. The van der Waals surface area contributed by atoms with Crippen molar-refractivity contribution in [1.82, 2.24) is 9.29 Å². The molecule has 0 radical (unpaired) electrons. The number of hydrogen-bond donors (Lipinski definition) is 0. The molecule has 1 rings (SSSR count). The van der Waals surface area contributed by atoms with Crippen LogP contribution >= 0.6 is 11.6 Å². The summed E-state index contributed by atoms with van der Waals surface area (Å²) in [6, 6.07) is 5.44. The van der Waals surface area contributed by atoms with Gasteiger partial charge in [-0.25, -0.2) is 8.42 Å². The van der Waals surface area contributed by atoms with E-state index in [1.54, 1.807) is 25.3 Å². The van der Waals surface area contributed by atoms with Gasteiger partial charge >= 0.3 is 0 Å². The lowest BCUT2D eigenvalue weighted by Gasteiger charge is -2.19. The van der Waals surface area contributed by atoms with Gasteiger partial charge < -0.3 is 0 Å². The van der Waals surface area contributed by atoms with Gasteiger partial charge in [-0.15, -0.1) is 11.6 Å². The van der Waals surface area contributed by atoms with Crippen molar-refractivity contribution in [3.05, 3.63) is 30.1 Å². The molecule has 0 saturated heterocycles. The summed E-state index contributed by atoms with van der Waals surface area (Å²) in [5, 5.41) is 0. The highest BCUT2D eigenvalue weighted by Crippen LogP contribution is 2.07. The quantitative estimate of drug-likeness (QED) is 0.730. The van der Waals surface area contributed by atoms with Gasteiger partial charge in [0.1, 0.15) is 0 Å². The zero-order valence-corrected chi connectivity index (χ0v) is 10.7. The first-order chi connectivity index (χ1) is 7.60. The normalized spacial score (nSPS) is 11.9. The van der Waals surface area contributed by atoms with E-state index in [2.05, 4.69) is 4.98 Å². The van der Waals surface area contributed by atoms with Gasteiger partial charge in [-0.05, 0) is 12.1 Å². The number of halogens is 1. The first-order valence-corrected chi connectivity index (χ1v) is 7.18. The maximum Gasteiger partial charge on any atom is 0.215 e. The highest BCUT2D eigenvalue weighted by molar-refractivity contribution is 7.89. The lowest BCUT2D eigenvalue weighted by atomic mass is 10.3. The first-order valence-electron chi connectivity index (χ1n) is 5.04. The summed E-state index contributed by atoms with van der Waals surface area (Å²) in [7, 11) is -3.26. The van der Waals surface area contributed by atoms with Gasteiger partial charge in [0.05, 0.1) is 18.0 Å². The summed E-state index contributed by atoms with van der Waals surface area (Å²) in [4.78, 5) is 4.10. The molecule has 0 aliphatic heterocycles. The van der Waals surface area contributed by atoms with E-state index >= 15 is 0 Å². The van der Waals surface area contributed by atoms with Gasteiger partial charge in [-0.2, -0.15) is 4.31 Å². The molecule has 1 heterocycles. The molecule has 90 valence electrons. The van der Waals surface area contributed by atoms with Crippen LogP contribution in [0.5, 0.6) is 0 Å². The Morgan fingerprint density at radius 1 is 1.44 bits per heavy atom. The number of nitrogens with zero attached hydrogens (tertiary/aromatic N) is 2. The zero-order chi connectivity index (χ0) is 12.0. The molecule has 0 spiro atoms.